The van der Waals surface area contributed by atoms with Crippen molar-refractivity contribution >= 4 is 11.8 Å². The number of nitrogens with zero attached hydrogens (tertiary/aromatic N) is 3. The summed E-state index contributed by atoms with van der Waals surface area (Å²) in [6.07, 6.45) is -0.343. The van der Waals surface area contributed by atoms with E-state index < -0.39 is 16.3 Å². The minimum absolute atomic E-state index is 0.206. The highest BCUT2D eigenvalue weighted by atomic mass is 19.1. The Labute approximate surface area is 146 Å². The van der Waals surface area contributed by atoms with Crippen molar-refractivity contribution in [3.05, 3.63) is 39.2 Å². The number of piperazine rings is 1. The molecule has 1 saturated heterocycles. The zero-order valence-electron chi connectivity index (χ0n) is 15.0. The van der Waals surface area contributed by atoms with E-state index in [1.54, 1.807) is 11.8 Å². The number of benzene rings is 1. The standard InChI is InChI=1S/C17H24FN3O4/c1-12-13(9-14(18)10-15(12)21(23)24)11-19-5-7-20(8-6-19)16(22)25-17(2,3)4/h9-10H,5-8,11H2,1-4H3. The van der Waals surface area contributed by atoms with Crippen molar-refractivity contribution in [3.63, 3.8) is 0 Å². The van der Waals surface area contributed by atoms with Gasteiger partial charge in [0.1, 0.15) is 11.4 Å². The van der Waals surface area contributed by atoms with Crippen LogP contribution in [-0.4, -0.2) is 52.6 Å². The Morgan fingerprint density at radius 2 is 1.88 bits per heavy atom. The number of hydrogen-bond donors (Lipinski definition) is 0. The molecule has 2 rings (SSSR count). The molecule has 0 N–H and O–H groups in total. The Balaban J connectivity index is 1.99. The quantitative estimate of drug-likeness (QED) is 0.616. The fourth-order valence-electron chi connectivity index (χ4n) is 2.73. The smallest absolute Gasteiger partial charge is 0.410 e. The molecule has 0 spiro atoms. The number of carbonyl (C=O) groups excluding carboxylic acids is 1. The number of hydrogen-bond acceptors (Lipinski definition) is 5. The fraction of sp³-hybridized carbons (Fsp3) is 0.588. The van der Waals surface area contributed by atoms with Gasteiger partial charge in [-0.05, 0) is 39.3 Å². The van der Waals surface area contributed by atoms with Crippen LogP contribution >= 0.6 is 0 Å². The van der Waals surface area contributed by atoms with Gasteiger partial charge in [-0.2, -0.15) is 0 Å². The maximum atomic E-state index is 13.7. The van der Waals surface area contributed by atoms with Gasteiger partial charge in [-0.1, -0.05) is 0 Å². The van der Waals surface area contributed by atoms with Gasteiger partial charge in [-0.3, -0.25) is 15.0 Å². The second-order valence-corrected chi connectivity index (χ2v) is 7.21. The van der Waals surface area contributed by atoms with E-state index in [1.165, 1.54) is 6.07 Å². The Morgan fingerprint density at radius 3 is 2.40 bits per heavy atom. The molecule has 1 heterocycles. The van der Waals surface area contributed by atoms with E-state index in [2.05, 4.69) is 0 Å². The van der Waals surface area contributed by atoms with E-state index in [1.807, 2.05) is 25.7 Å². The van der Waals surface area contributed by atoms with Gasteiger partial charge in [-0.25, -0.2) is 9.18 Å². The van der Waals surface area contributed by atoms with Crippen LogP contribution in [0, 0.1) is 22.9 Å². The van der Waals surface area contributed by atoms with Crippen LogP contribution in [0.3, 0.4) is 0 Å². The molecule has 0 radical (unpaired) electrons. The molecule has 7 nitrogen and oxygen atoms in total. The van der Waals surface area contributed by atoms with Crippen LogP contribution in [-0.2, 0) is 11.3 Å². The molecule has 1 aromatic rings. The number of carbonyl (C=O) groups is 1. The Kier molecular flexibility index (Phi) is 5.62. The molecule has 1 aliphatic heterocycles. The maximum Gasteiger partial charge on any atom is 0.410 e. The topological polar surface area (TPSA) is 75.9 Å². The molecule has 8 heteroatoms. The van der Waals surface area contributed by atoms with Crippen molar-refractivity contribution in [3.8, 4) is 0 Å². The molecule has 0 aliphatic carbocycles. The fourth-order valence-corrected chi connectivity index (χ4v) is 2.73. The van der Waals surface area contributed by atoms with Gasteiger partial charge >= 0.3 is 6.09 Å². The third-order valence-electron chi connectivity index (χ3n) is 4.07. The minimum atomic E-state index is -0.611. The van der Waals surface area contributed by atoms with Gasteiger partial charge in [0.2, 0.25) is 0 Å². The molecule has 0 saturated carbocycles. The number of amides is 1. The summed E-state index contributed by atoms with van der Waals surface area (Å²) in [6, 6.07) is 2.28. The van der Waals surface area contributed by atoms with Gasteiger partial charge in [0.25, 0.3) is 5.69 Å². The number of rotatable bonds is 3. The SMILES string of the molecule is Cc1c(CN2CCN(C(=O)OC(C)(C)C)CC2)cc(F)cc1[N+](=O)[O-]. The van der Waals surface area contributed by atoms with Crippen LogP contribution in [0.15, 0.2) is 12.1 Å². The van der Waals surface area contributed by atoms with Crippen molar-refractivity contribution in [1.29, 1.82) is 0 Å². The number of nitro benzene ring substituents is 1. The summed E-state index contributed by atoms with van der Waals surface area (Å²) >= 11 is 0. The molecule has 1 aliphatic rings. The van der Waals surface area contributed by atoms with Crippen molar-refractivity contribution in [2.45, 2.75) is 39.8 Å². The third-order valence-corrected chi connectivity index (χ3v) is 4.07. The van der Waals surface area contributed by atoms with Crippen LogP contribution in [0.25, 0.3) is 0 Å². The lowest BCUT2D eigenvalue weighted by molar-refractivity contribution is -0.385. The highest BCUT2D eigenvalue weighted by Crippen LogP contribution is 2.25. The third kappa shape index (κ3) is 5.12. The molecule has 0 aromatic heterocycles. The Hall–Kier alpha value is -2.22. The van der Waals surface area contributed by atoms with Crippen molar-refractivity contribution in [1.82, 2.24) is 9.80 Å². The Morgan fingerprint density at radius 1 is 1.28 bits per heavy atom. The summed E-state index contributed by atoms with van der Waals surface area (Å²) in [7, 11) is 0. The summed E-state index contributed by atoms with van der Waals surface area (Å²) in [6.45, 7) is 9.71. The van der Waals surface area contributed by atoms with Crippen LogP contribution in [0.4, 0.5) is 14.9 Å². The van der Waals surface area contributed by atoms with Gasteiger partial charge < -0.3 is 9.64 Å². The number of nitro groups is 1. The van der Waals surface area contributed by atoms with Crippen molar-refractivity contribution in [2.24, 2.45) is 0 Å². The molecule has 1 aromatic carbocycles. The lowest BCUT2D eigenvalue weighted by Crippen LogP contribution is -2.49. The maximum absolute atomic E-state index is 13.7. The van der Waals surface area contributed by atoms with E-state index in [0.717, 1.165) is 6.07 Å². The van der Waals surface area contributed by atoms with E-state index in [9.17, 15) is 19.3 Å². The second-order valence-electron chi connectivity index (χ2n) is 7.21. The van der Waals surface area contributed by atoms with Crippen molar-refractivity contribution in [2.75, 3.05) is 26.2 Å². The van der Waals surface area contributed by atoms with Gasteiger partial charge in [0.15, 0.2) is 0 Å². The van der Waals surface area contributed by atoms with Crippen molar-refractivity contribution < 1.29 is 18.8 Å². The van der Waals surface area contributed by atoms with E-state index in [0.29, 0.717) is 43.9 Å². The van der Waals surface area contributed by atoms with Crippen LogP contribution in [0.5, 0.6) is 0 Å². The normalized spacial score (nSPS) is 16.0. The molecule has 1 fully saturated rings. The minimum Gasteiger partial charge on any atom is -0.444 e. The zero-order chi connectivity index (χ0) is 18.8. The largest absolute Gasteiger partial charge is 0.444 e. The van der Waals surface area contributed by atoms with Crippen LogP contribution in [0.1, 0.15) is 31.9 Å². The first-order valence-electron chi connectivity index (χ1n) is 8.20. The molecule has 0 bridgehead atoms. The first-order valence-corrected chi connectivity index (χ1v) is 8.20. The summed E-state index contributed by atoms with van der Waals surface area (Å²) in [4.78, 5) is 26.2. The predicted octanol–water partition coefficient (Wildman–Crippen LogP) is 3.10. The first-order chi connectivity index (χ1) is 11.6. The van der Waals surface area contributed by atoms with Gasteiger partial charge in [0.05, 0.1) is 11.0 Å². The summed E-state index contributed by atoms with van der Waals surface area (Å²) in [5.74, 6) is -0.611. The highest BCUT2D eigenvalue weighted by molar-refractivity contribution is 5.68. The average Bonchev–Trinajstić information content (AvgIpc) is 2.49. The second kappa shape index (κ2) is 7.35. The first kappa shape index (κ1) is 19.1. The van der Waals surface area contributed by atoms with Gasteiger partial charge in [-0.15, -0.1) is 0 Å². The van der Waals surface area contributed by atoms with Crippen LogP contribution < -0.4 is 0 Å². The van der Waals surface area contributed by atoms with E-state index in [4.69, 9.17) is 4.74 Å². The zero-order valence-corrected chi connectivity index (χ0v) is 15.0. The molecule has 0 unspecified atom stereocenters. The predicted molar refractivity (Wildman–Crippen MR) is 90.9 cm³/mol. The summed E-state index contributed by atoms with van der Waals surface area (Å²) in [5, 5.41) is 11.0. The van der Waals surface area contributed by atoms with Crippen LogP contribution in [0.2, 0.25) is 0 Å². The molecule has 0 atom stereocenters. The summed E-state index contributed by atoms with van der Waals surface area (Å²) in [5.41, 5.74) is 0.326. The lowest BCUT2D eigenvalue weighted by atomic mass is 10.1. The molecule has 25 heavy (non-hydrogen) atoms. The molecular weight excluding hydrogens is 329 g/mol. The monoisotopic (exact) mass is 353 g/mol. The lowest BCUT2D eigenvalue weighted by Gasteiger charge is -2.35. The van der Waals surface area contributed by atoms with Gasteiger partial charge in [0, 0.05) is 38.3 Å². The molecule has 1 amide bonds. The van der Waals surface area contributed by atoms with E-state index >= 15 is 0 Å². The van der Waals surface area contributed by atoms with E-state index in [-0.39, 0.29) is 11.8 Å². The Bertz CT molecular complexity index is 665. The molecular formula is C17H24FN3O4. The number of halogens is 1. The highest BCUT2D eigenvalue weighted by Gasteiger charge is 2.26. The average molecular weight is 353 g/mol. The summed E-state index contributed by atoms with van der Waals surface area (Å²) < 4.78 is 19.0. The number of ether oxygens (including phenoxy) is 1. The molecule has 138 valence electrons.